The predicted molar refractivity (Wildman–Crippen MR) is 63.2 cm³/mol. The van der Waals surface area contributed by atoms with Gasteiger partial charge in [-0.15, -0.1) is 0 Å². The molecule has 0 amide bonds. The first-order valence-electron chi connectivity index (χ1n) is 5.20. The van der Waals surface area contributed by atoms with Gasteiger partial charge in [-0.25, -0.2) is 13.2 Å². The average molecular weight is 269 g/mol. The van der Waals surface area contributed by atoms with Gasteiger partial charge < -0.3 is 10.2 Å². The van der Waals surface area contributed by atoms with E-state index in [4.69, 9.17) is 5.11 Å². The molecule has 0 fully saturated rings. The van der Waals surface area contributed by atoms with Crippen molar-refractivity contribution in [2.75, 3.05) is 6.54 Å². The number of benzene rings is 1. The Balaban J connectivity index is 2.86. The molecule has 2 rings (SSSR count). The number of rotatable bonds is 2. The quantitative estimate of drug-likeness (QED) is 0.835. The van der Waals surface area contributed by atoms with Gasteiger partial charge in [0.15, 0.2) is 11.5 Å². The smallest absolute Gasteiger partial charge is 0.357 e. The van der Waals surface area contributed by atoms with Gasteiger partial charge in [-0.1, -0.05) is 12.1 Å². The predicted octanol–water partition coefficient (Wildman–Crippen LogP) is 1.02. The van der Waals surface area contributed by atoms with Crippen molar-refractivity contribution in [2.24, 2.45) is 0 Å². The van der Waals surface area contributed by atoms with Crippen LogP contribution in [0.5, 0.6) is 0 Å². The molecular weight excluding hydrogens is 258 g/mol. The molecule has 2 N–H and O–H groups in total. The highest BCUT2D eigenvalue weighted by atomic mass is 32.2. The second-order valence-electron chi connectivity index (χ2n) is 3.67. The first-order valence-corrected chi connectivity index (χ1v) is 6.64. The molecule has 0 bridgehead atoms. The Morgan fingerprint density at radius 1 is 1.33 bits per heavy atom. The van der Waals surface area contributed by atoms with Crippen LogP contribution in [0.3, 0.4) is 0 Å². The van der Waals surface area contributed by atoms with Gasteiger partial charge in [0.25, 0.3) is 10.0 Å². The van der Waals surface area contributed by atoms with E-state index in [1.54, 1.807) is 0 Å². The largest absolute Gasteiger partial charge is 0.505 e. The lowest BCUT2D eigenvalue weighted by atomic mass is 10.1. The molecule has 0 unspecified atom stereocenters. The van der Waals surface area contributed by atoms with Gasteiger partial charge in [0, 0.05) is 12.1 Å². The number of aliphatic hydroxyl groups is 1. The van der Waals surface area contributed by atoms with Crippen molar-refractivity contribution < 1.29 is 23.4 Å². The SMILES string of the molecule is CCN1C(C(=O)O)=C(O)c2ccccc2S1(=O)=O. The van der Waals surface area contributed by atoms with Crippen LogP contribution >= 0.6 is 0 Å². The third kappa shape index (κ3) is 1.55. The fourth-order valence-corrected chi connectivity index (χ4v) is 3.58. The second kappa shape index (κ2) is 4.02. The summed E-state index contributed by atoms with van der Waals surface area (Å²) in [4.78, 5) is 11.0. The molecule has 7 heteroatoms. The van der Waals surface area contributed by atoms with Crippen molar-refractivity contribution in [3.05, 3.63) is 35.5 Å². The average Bonchev–Trinajstić information content (AvgIpc) is 2.33. The number of carboxylic acids is 1. The number of aliphatic hydroxyl groups excluding tert-OH is 1. The molecule has 1 heterocycles. The zero-order valence-corrected chi connectivity index (χ0v) is 10.3. The summed E-state index contributed by atoms with van der Waals surface area (Å²) in [7, 11) is -3.93. The maximum Gasteiger partial charge on any atom is 0.357 e. The number of likely N-dealkylation sites (N-methyl/N-ethyl adjacent to an activating group) is 1. The van der Waals surface area contributed by atoms with Crippen LogP contribution < -0.4 is 0 Å². The Morgan fingerprint density at radius 2 is 1.94 bits per heavy atom. The van der Waals surface area contributed by atoms with Crippen LogP contribution in [-0.2, 0) is 14.8 Å². The van der Waals surface area contributed by atoms with Crippen LogP contribution in [0.2, 0.25) is 0 Å². The molecule has 96 valence electrons. The molecule has 0 aromatic heterocycles. The number of hydrogen-bond donors (Lipinski definition) is 2. The van der Waals surface area contributed by atoms with E-state index in [1.165, 1.54) is 31.2 Å². The van der Waals surface area contributed by atoms with Crippen molar-refractivity contribution in [1.82, 2.24) is 4.31 Å². The Kier molecular flexibility index (Phi) is 2.78. The number of fused-ring (bicyclic) bond motifs is 1. The molecule has 0 saturated carbocycles. The van der Waals surface area contributed by atoms with Crippen molar-refractivity contribution in [2.45, 2.75) is 11.8 Å². The third-order valence-corrected chi connectivity index (χ3v) is 4.61. The molecular formula is C11H11NO5S. The first kappa shape index (κ1) is 12.4. The standard InChI is InChI=1S/C11H11NO5S/c1-2-12-9(11(14)15)10(13)7-5-3-4-6-8(7)18(12,16)17/h3-6,13H,2H2,1H3,(H,14,15). The number of sulfonamides is 1. The molecule has 0 saturated heterocycles. The van der Waals surface area contributed by atoms with Crippen LogP contribution in [0.4, 0.5) is 0 Å². The molecule has 0 aliphatic carbocycles. The Hall–Kier alpha value is -2.02. The lowest BCUT2D eigenvalue weighted by Crippen LogP contribution is -2.37. The topological polar surface area (TPSA) is 94.9 Å². The lowest BCUT2D eigenvalue weighted by Gasteiger charge is -2.29. The Labute approximate surface area is 104 Å². The highest BCUT2D eigenvalue weighted by Crippen LogP contribution is 2.34. The first-order chi connectivity index (χ1) is 8.41. The highest BCUT2D eigenvalue weighted by molar-refractivity contribution is 7.89. The summed E-state index contributed by atoms with van der Waals surface area (Å²) in [5.74, 6) is -2.01. The van der Waals surface area contributed by atoms with E-state index in [2.05, 4.69) is 0 Å². The monoisotopic (exact) mass is 269 g/mol. The fraction of sp³-hybridized carbons (Fsp3) is 0.182. The number of nitrogens with zero attached hydrogens (tertiary/aromatic N) is 1. The maximum atomic E-state index is 12.2. The molecule has 0 radical (unpaired) electrons. The molecule has 6 nitrogen and oxygen atoms in total. The van der Waals surface area contributed by atoms with Crippen molar-refractivity contribution in [3.8, 4) is 0 Å². The minimum absolute atomic E-state index is 0.0135. The molecule has 0 spiro atoms. The number of hydrogen-bond acceptors (Lipinski definition) is 4. The number of aliphatic carboxylic acids is 1. The van der Waals surface area contributed by atoms with Gasteiger partial charge in [0.05, 0.1) is 4.90 Å². The van der Waals surface area contributed by atoms with Crippen LogP contribution in [0.25, 0.3) is 5.76 Å². The number of carboxylic acid groups (broad SMARTS) is 1. The van der Waals surface area contributed by atoms with Crippen molar-refractivity contribution in [1.29, 1.82) is 0 Å². The third-order valence-electron chi connectivity index (χ3n) is 2.67. The van der Waals surface area contributed by atoms with Crippen molar-refractivity contribution in [3.63, 3.8) is 0 Å². The molecule has 1 aromatic rings. The van der Waals surface area contributed by atoms with Crippen LogP contribution in [0, 0.1) is 0 Å². The molecule has 1 aliphatic rings. The summed E-state index contributed by atoms with van der Waals surface area (Å²) in [5.41, 5.74) is -0.601. The van der Waals surface area contributed by atoms with E-state index in [-0.39, 0.29) is 17.0 Å². The summed E-state index contributed by atoms with van der Waals surface area (Å²) in [5, 5.41) is 19.0. The van der Waals surface area contributed by atoms with E-state index < -0.39 is 27.4 Å². The summed E-state index contributed by atoms with van der Waals surface area (Å²) >= 11 is 0. The van der Waals surface area contributed by atoms with Crippen LogP contribution in [-0.4, -0.2) is 35.5 Å². The summed E-state index contributed by atoms with van der Waals surface area (Å²) in [6, 6.07) is 5.76. The van der Waals surface area contributed by atoms with Crippen LogP contribution in [0.15, 0.2) is 34.9 Å². The van der Waals surface area contributed by atoms with Gasteiger partial charge in [0.1, 0.15) is 0 Å². The van der Waals surface area contributed by atoms with E-state index in [1.807, 2.05) is 0 Å². The molecule has 1 aromatic carbocycles. The van der Waals surface area contributed by atoms with Gasteiger partial charge in [0.2, 0.25) is 0 Å². The van der Waals surface area contributed by atoms with Gasteiger partial charge in [-0.2, -0.15) is 0 Å². The minimum Gasteiger partial charge on any atom is -0.505 e. The summed E-state index contributed by atoms with van der Waals surface area (Å²) < 4.78 is 25.1. The zero-order valence-electron chi connectivity index (χ0n) is 9.49. The zero-order chi connectivity index (χ0) is 13.5. The molecule has 0 atom stereocenters. The van der Waals surface area contributed by atoms with Crippen molar-refractivity contribution >= 4 is 21.8 Å². The fourth-order valence-electron chi connectivity index (χ4n) is 1.91. The Morgan fingerprint density at radius 3 is 2.50 bits per heavy atom. The molecule has 18 heavy (non-hydrogen) atoms. The summed E-state index contributed by atoms with van der Waals surface area (Å²) in [6.45, 7) is 1.43. The van der Waals surface area contributed by atoms with E-state index >= 15 is 0 Å². The van der Waals surface area contributed by atoms with E-state index in [9.17, 15) is 18.3 Å². The van der Waals surface area contributed by atoms with Gasteiger partial charge >= 0.3 is 5.97 Å². The minimum atomic E-state index is -3.93. The number of carbonyl (C=O) groups is 1. The Bertz CT molecular complexity index is 647. The van der Waals surface area contributed by atoms with Crippen LogP contribution in [0.1, 0.15) is 12.5 Å². The van der Waals surface area contributed by atoms with E-state index in [0.29, 0.717) is 4.31 Å². The van der Waals surface area contributed by atoms with E-state index in [0.717, 1.165) is 0 Å². The lowest BCUT2D eigenvalue weighted by molar-refractivity contribution is -0.133. The van der Waals surface area contributed by atoms with Gasteiger partial charge in [-0.3, -0.25) is 4.31 Å². The maximum absolute atomic E-state index is 12.2. The highest BCUT2D eigenvalue weighted by Gasteiger charge is 2.38. The summed E-state index contributed by atoms with van der Waals surface area (Å²) in [6.07, 6.45) is 0. The normalized spacial score (nSPS) is 17.5. The molecule has 1 aliphatic heterocycles. The van der Waals surface area contributed by atoms with Gasteiger partial charge in [-0.05, 0) is 19.1 Å². The second-order valence-corrected chi connectivity index (χ2v) is 5.50.